The van der Waals surface area contributed by atoms with Gasteiger partial charge in [-0.3, -0.25) is 14.4 Å². The molecule has 1 fully saturated rings. The Morgan fingerprint density at radius 1 is 0.967 bits per heavy atom. The Bertz CT molecular complexity index is 958. The highest BCUT2D eigenvalue weighted by molar-refractivity contribution is 6.35. The first kappa shape index (κ1) is 21.9. The summed E-state index contributed by atoms with van der Waals surface area (Å²) in [5.41, 5.74) is 3.40. The zero-order valence-corrected chi connectivity index (χ0v) is 18.5. The second-order valence-corrected chi connectivity index (χ2v) is 8.25. The van der Waals surface area contributed by atoms with Gasteiger partial charge in [0.25, 0.3) is 5.91 Å². The third kappa shape index (κ3) is 4.51. The zero-order chi connectivity index (χ0) is 22.0. The maximum Gasteiger partial charge on any atom is 0.312 e. The predicted octanol–water partition coefficient (Wildman–Crippen LogP) is 2.56. The summed E-state index contributed by atoms with van der Waals surface area (Å²) < 4.78 is 2.03. The largest absolute Gasteiger partial charge is 0.346 e. The molecule has 0 saturated carbocycles. The van der Waals surface area contributed by atoms with Crippen molar-refractivity contribution in [2.45, 2.75) is 33.7 Å². The van der Waals surface area contributed by atoms with Gasteiger partial charge < -0.3 is 19.7 Å². The van der Waals surface area contributed by atoms with Crippen LogP contribution in [0, 0.1) is 13.8 Å². The molecule has 2 aromatic rings. The first-order valence-electron chi connectivity index (χ1n) is 10.0. The molecule has 0 spiro atoms. The summed E-state index contributed by atoms with van der Waals surface area (Å²) in [4.78, 5) is 40.6. The van der Waals surface area contributed by atoms with E-state index in [0.717, 1.165) is 17.1 Å². The van der Waals surface area contributed by atoms with Gasteiger partial charge in [-0.2, -0.15) is 0 Å². The van der Waals surface area contributed by atoms with Gasteiger partial charge in [0.05, 0.1) is 5.56 Å². The molecule has 2 heterocycles. The van der Waals surface area contributed by atoms with Crippen LogP contribution in [0.25, 0.3) is 5.69 Å². The highest BCUT2D eigenvalue weighted by atomic mass is 35.5. The fourth-order valence-corrected chi connectivity index (χ4v) is 3.84. The second-order valence-electron chi connectivity index (χ2n) is 7.81. The second kappa shape index (κ2) is 8.92. The Morgan fingerprint density at radius 2 is 1.53 bits per heavy atom. The van der Waals surface area contributed by atoms with Gasteiger partial charge in [-0.05, 0) is 58.0 Å². The van der Waals surface area contributed by atoms with Gasteiger partial charge in [-0.1, -0.05) is 11.6 Å². The highest BCUT2D eigenvalue weighted by Gasteiger charge is 2.29. The van der Waals surface area contributed by atoms with E-state index in [1.807, 2.05) is 62.6 Å². The molecule has 1 saturated heterocycles. The molecule has 160 valence electrons. The lowest BCUT2D eigenvalue weighted by atomic mass is 10.2. The summed E-state index contributed by atoms with van der Waals surface area (Å²) in [5.74, 6) is -1.21. The lowest BCUT2D eigenvalue weighted by molar-refractivity contribution is -0.147. The van der Waals surface area contributed by atoms with E-state index in [0.29, 0.717) is 36.8 Å². The zero-order valence-electron chi connectivity index (χ0n) is 17.7. The van der Waals surface area contributed by atoms with E-state index in [9.17, 15) is 14.4 Å². The van der Waals surface area contributed by atoms with E-state index in [1.54, 1.807) is 4.90 Å². The molecule has 1 aliphatic heterocycles. The molecule has 1 N–H and O–H groups in total. The van der Waals surface area contributed by atoms with Crippen molar-refractivity contribution in [2.24, 2.45) is 0 Å². The average Bonchev–Trinajstić information content (AvgIpc) is 3.01. The van der Waals surface area contributed by atoms with Crippen molar-refractivity contribution >= 4 is 29.3 Å². The molecule has 1 aliphatic rings. The topological polar surface area (TPSA) is 74.7 Å². The molecule has 1 aromatic heterocycles. The van der Waals surface area contributed by atoms with Gasteiger partial charge in [-0.25, -0.2) is 0 Å². The summed E-state index contributed by atoms with van der Waals surface area (Å²) in [5, 5.41) is 3.27. The van der Waals surface area contributed by atoms with Crippen molar-refractivity contribution in [3.05, 3.63) is 52.3 Å². The quantitative estimate of drug-likeness (QED) is 0.760. The van der Waals surface area contributed by atoms with Crippen LogP contribution in [0.2, 0.25) is 5.02 Å². The van der Waals surface area contributed by atoms with Crippen molar-refractivity contribution in [3.63, 3.8) is 0 Å². The lowest BCUT2D eigenvalue weighted by Crippen LogP contribution is -2.54. The molecule has 0 atom stereocenters. The fraction of sp³-hybridized carbons (Fsp3) is 0.409. The molecule has 30 heavy (non-hydrogen) atoms. The predicted molar refractivity (Wildman–Crippen MR) is 116 cm³/mol. The molecule has 8 heteroatoms. The van der Waals surface area contributed by atoms with Gasteiger partial charge in [0.1, 0.15) is 0 Å². The third-order valence-electron chi connectivity index (χ3n) is 5.21. The molecule has 0 aliphatic carbocycles. The maximum atomic E-state index is 13.1. The lowest BCUT2D eigenvalue weighted by Gasteiger charge is -2.34. The molecular weight excluding hydrogens is 404 g/mol. The Labute approximate surface area is 181 Å². The summed E-state index contributed by atoms with van der Waals surface area (Å²) in [6.07, 6.45) is 0. The summed E-state index contributed by atoms with van der Waals surface area (Å²) >= 11 is 5.99. The number of benzene rings is 1. The monoisotopic (exact) mass is 430 g/mol. The molecule has 1 aromatic carbocycles. The van der Waals surface area contributed by atoms with Crippen molar-refractivity contribution in [3.8, 4) is 5.69 Å². The van der Waals surface area contributed by atoms with Crippen molar-refractivity contribution in [2.75, 3.05) is 26.2 Å². The van der Waals surface area contributed by atoms with Crippen molar-refractivity contribution in [1.29, 1.82) is 0 Å². The van der Waals surface area contributed by atoms with E-state index in [4.69, 9.17) is 11.6 Å². The Morgan fingerprint density at radius 3 is 2.10 bits per heavy atom. The number of hydrogen-bond acceptors (Lipinski definition) is 3. The smallest absolute Gasteiger partial charge is 0.312 e. The standard InChI is InChI=1S/C22H27ClN4O3/c1-14(2)24-20(28)22(30)26-11-9-25(10-12-26)21(29)19-13-15(3)27(16(19)4)18-7-5-17(23)6-8-18/h5-8,13-14H,9-12H2,1-4H3,(H,24,28). The molecule has 0 unspecified atom stereocenters. The molecular formula is C22H27ClN4O3. The van der Waals surface area contributed by atoms with Crippen LogP contribution in [-0.4, -0.2) is 64.3 Å². The number of carbonyl (C=O) groups is 3. The number of aryl methyl sites for hydroxylation is 1. The number of halogens is 1. The van der Waals surface area contributed by atoms with Gasteiger partial charge in [-0.15, -0.1) is 0 Å². The third-order valence-corrected chi connectivity index (χ3v) is 5.47. The molecule has 3 amide bonds. The SMILES string of the molecule is Cc1cc(C(=O)N2CCN(C(=O)C(=O)NC(C)C)CC2)c(C)n1-c1ccc(Cl)cc1. The first-order chi connectivity index (χ1) is 14.2. The number of aromatic nitrogens is 1. The van der Waals surface area contributed by atoms with Gasteiger partial charge in [0.2, 0.25) is 0 Å². The van der Waals surface area contributed by atoms with Crippen LogP contribution in [0.3, 0.4) is 0 Å². The molecule has 0 bridgehead atoms. The number of carbonyl (C=O) groups excluding carboxylic acids is 3. The van der Waals surface area contributed by atoms with E-state index in [2.05, 4.69) is 5.32 Å². The van der Waals surface area contributed by atoms with E-state index >= 15 is 0 Å². The minimum atomic E-state index is -0.601. The fourth-order valence-electron chi connectivity index (χ4n) is 3.72. The van der Waals surface area contributed by atoms with Crippen LogP contribution in [0.4, 0.5) is 0 Å². The van der Waals surface area contributed by atoms with Crippen LogP contribution in [0.1, 0.15) is 35.6 Å². The maximum absolute atomic E-state index is 13.1. The van der Waals surface area contributed by atoms with E-state index in [-0.39, 0.29) is 11.9 Å². The van der Waals surface area contributed by atoms with Crippen molar-refractivity contribution in [1.82, 2.24) is 19.7 Å². The van der Waals surface area contributed by atoms with Crippen LogP contribution < -0.4 is 5.32 Å². The van der Waals surface area contributed by atoms with E-state index < -0.39 is 11.8 Å². The van der Waals surface area contributed by atoms with Crippen LogP contribution in [0.15, 0.2) is 30.3 Å². The van der Waals surface area contributed by atoms with Crippen LogP contribution in [-0.2, 0) is 9.59 Å². The summed E-state index contributed by atoms with van der Waals surface area (Å²) in [6, 6.07) is 9.28. The average molecular weight is 431 g/mol. The Balaban J connectivity index is 1.70. The minimum Gasteiger partial charge on any atom is -0.346 e. The number of rotatable bonds is 3. The van der Waals surface area contributed by atoms with Gasteiger partial charge in [0, 0.05) is 54.3 Å². The van der Waals surface area contributed by atoms with E-state index in [1.165, 1.54) is 4.90 Å². The minimum absolute atomic E-state index is 0.0676. The number of nitrogens with zero attached hydrogens (tertiary/aromatic N) is 3. The molecule has 3 rings (SSSR count). The number of amides is 3. The Kier molecular flexibility index (Phi) is 6.51. The number of hydrogen-bond donors (Lipinski definition) is 1. The highest BCUT2D eigenvalue weighted by Crippen LogP contribution is 2.23. The summed E-state index contributed by atoms with van der Waals surface area (Å²) in [6.45, 7) is 8.96. The number of piperazine rings is 1. The van der Waals surface area contributed by atoms with Gasteiger partial charge in [0.15, 0.2) is 0 Å². The van der Waals surface area contributed by atoms with Crippen LogP contribution in [0.5, 0.6) is 0 Å². The summed E-state index contributed by atoms with van der Waals surface area (Å²) in [7, 11) is 0. The molecule has 7 nitrogen and oxygen atoms in total. The van der Waals surface area contributed by atoms with Crippen LogP contribution >= 0.6 is 11.6 Å². The van der Waals surface area contributed by atoms with Gasteiger partial charge >= 0.3 is 11.8 Å². The van der Waals surface area contributed by atoms with Crippen molar-refractivity contribution < 1.29 is 14.4 Å². The molecule has 0 radical (unpaired) electrons. The first-order valence-corrected chi connectivity index (χ1v) is 10.4. The Hall–Kier alpha value is -2.80. The number of nitrogens with one attached hydrogen (secondary N) is 1. The normalized spacial score (nSPS) is 14.2.